The largest absolute Gasteiger partial charge is 0.385 e. The van der Waals surface area contributed by atoms with E-state index >= 15 is 0 Å². The van der Waals surface area contributed by atoms with E-state index in [0.717, 1.165) is 6.42 Å². The number of hydrogen-bond donors (Lipinski definition) is 2. The average Bonchev–Trinajstić information content (AvgIpc) is 1.67. The van der Waals surface area contributed by atoms with Crippen molar-refractivity contribution in [3.63, 3.8) is 0 Å². The van der Waals surface area contributed by atoms with Gasteiger partial charge in [0.1, 0.15) is 5.84 Å². The van der Waals surface area contributed by atoms with Crippen LogP contribution in [0.2, 0.25) is 0 Å². The number of halogens is 1. The molecule has 0 bridgehead atoms. The minimum Gasteiger partial charge on any atom is -0.385 e. The van der Waals surface area contributed by atoms with Crippen LogP contribution in [0.25, 0.3) is 0 Å². The topological polar surface area (TPSA) is 49.9 Å². The van der Waals surface area contributed by atoms with Crippen LogP contribution in [0.5, 0.6) is 0 Å². The van der Waals surface area contributed by atoms with Gasteiger partial charge in [0.25, 0.3) is 0 Å². The summed E-state index contributed by atoms with van der Waals surface area (Å²) in [6.07, 6.45) is -0.115. The maximum absolute atomic E-state index is 12.2. The van der Waals surface area contributed by atoms with Crippen molar-refractivity contribution in [3.8, 4) is 0 Å². The van der Waals surface area contributed by atoms with Gasteiger partial charge in [-0.1, -0.05) is 13.3 Å². The van der Waals surface area contributed by atoms with Crippen LogP contribution in [0, 0.1) is 5.41 Å². The molecule has 0 aliphatic carbocycles. The van der Waals surface area contributed by atoms with Crippen LogP contribution in [0.3, 0.4) is 0 Å². The number of amidine groups is 1. The van der Waals surface area contributed by atoms with Gasteiger partial charge in [-0.25, -0.2) is 4.39 Å². The fourth-order valence-corrected chi connectivity index (χ4v) is 0.409. The second kappa shape index (κ2) is 3.41. The Bertz CT molecular complexity index is 82.5. The SMILES string of the molecule is CCCC(F)C(=N)N. The van der Waals surface area contributed by atoms with E-state index in [4.69, 9.17) is 11.1 Å². The first-order chi connectivity index (χ1) is 3.68. The molecular weight excluding hydrogens is 107 g/mol. The van der Waals surface area contributed by atoms with Gasteiger partial charge in [0.15, 0.2) is 6.17 Å². The zero-order valence-electron chi connectivity index (χ0n) is 4.95. The first-order valence-electron chi connectivity index (χ1n) is 2.66. The van der Waals surface area contributed by atoms with Gasteiger partial charge in [0.2, 0.25) is 0 Å². The minimum atomic E-state index is -1.22. The van der Waals surface area contributed by atoms with E-state index in [1.807, 2.05) is 6.92 Å². The van der Waals surface area contributed by atoms with Crippen LogP contribution in [0.1, 0.15) is 19.8 Å². The van der Waals surface area contributed by atoms with Gasteiger partial charge in [-0.15, -0.1) is 0 Å². The highest BCUT2D eigenvalue weighted by Gasteiger charge is 2.05. The fourth-order valence-electron chi connectivity index (χ4n) is 0.409. The van der Waals surface area contributed by atoms with Crippen molar-refractivity contribution in [2.75, 3.05) is 0 Å². The molecule has 0 saturated heterocycles. The van der Waals surface area contributed by atoms with E-state index in [9.17, 15) is 4.39 Å². The Labute approximate surface area is 48.4 Å². The van der Waals surface area contributed by atoms with Crippen LogP contribution in [0.15, 0.2) is 0 Å². The molecule has 2 nitrogen and oxygen atoms in total. The summed E-state index contributed by atoms with van der Waals surface area (Å²) in [5.41, 5.74) is 4.83. The number of alkyl halides is 1. The summed E-state index contributed by atoms with van der Waals surface area (Å²) in [6.45, 7) is 1.86. The Morgan fingerprint density at radius 3 is 2.50 bits per heavy atom. The van der Waals surface area contributed by atoms with E-state index in [1.54, 1.807) is 0 Å². The molecule has 0 amide bonds. The summed E-state index contributed by atoms with van der Waals surface area (Å²) in [5.74, 6) is -0.355. The van der Waals surface area contributed by atoms with E-state index in [0.29, 0.717) is 6.42 Å². The minimum absolute atomic E-state index is 0.355. The molecule has 0 saturated carbocycles. The maximum Gasteiger partial charge on any atom is 0.156 e. The molecule has 1 unspecified atom stereocenters. The highest BCUT2D eigenvalue weighted by Crippen LogP contribution is 1.98. The van der Waals surface area contributed by atoms with E-state index < -0.39 is 6.17 Å². The molecule has 0 radical (unpaired) electrons. The van der Waals surface area contributed by atoms with Gasteiger partial charge in [-0.05, 0) is 6.42 Å². The van der Waals surface area contributed by atoms with Crippen molar-refractivity contribution in [1.82, 2.24) is 0 Å². The van der Waals surface area contributed by atoms with E-state index in [-0.39, 0.29) is 5.84 Å². The maximum atomic E-state index is 12.2. The lowest BCUT2D eigenvalue weighted by atomic mass is 10.2. The third-order valence-corrected chi connectivity index (χ3v) is 0.880. The normalized spacial score (nSPS) is 13.2. The van der Waals surface area contributed by atoms with Crippen molar-refractivity contribution < 1.29 is 4.39 Å². The molecule has 3 heteroatoms. The van der Waals surface area contributed by atoms with Crippen LogP contribution in [-0.4, -0.2) is 12.0 Å². The molecular formula is C5H11FN2. The molecule has 0 aliphatic rings. The monoisotopic (exact) mass is 118 g/mol. The third kappa shape index (κ3) is 2.55. The predicted octanol–water partition coefficient (Wildman–Crippen LogP) is 1.06. The van der Waals surface area contributed by atoms with E-state index in [2.05, 4.69) is 0 Å². The summed E-state index contributed by atoms with van der Waals surface area (Å²) in [7, 11) is 0. The summed E-state index contributed by atoms with van der Waals surface area (Å²) in [4.78, 5) is 0. The second-order valence-corrected chi connectivity index (χ2v) is 1.71. The van der Waals surface area contributed by atoms with Crippen molar-refractivity contribution in [3.05, 3.63) is 0 Å². The molecule has 0 aliphatic heterocycles. The molecule has 3 N–H and O–H groups in total. The highest BCUT2D eigenvalue weighted by molar-refractivity contribution is 5.81. The molecule has 0 rings (SSSR count). The Hall–Kier alpha value is -0.600. The quantitative estimate of drug-likeness (QED) is 0.422. The summed E-state index contributed by atoms with van der Waals surface area (Å²) in [5, 5.41) is 6.61. The molecule has 0 fully saturated rings. The lowest BCUT2D eigenvalue weighted by Crippen LogP contribution is -2.23. The fraction of sp³-hybridized carbons (Fsp3) is 0.800. The predicted molar refractivity (Wildman–Crippen MR) is 31.7 cm³/mol. The molecule has 0 heterocycles. The first kappa shape index (κ1) is 7.40. The Balaban J connectivity index is 3.32. The standard InChI is InChI=1S/C5H11FN2/c1-2-3-4(6)5(7)8/h4H,2-3H2,1H3,(H3,7,8). The van der Waals surface area contributed by atoms with Crippen molar-refractivity contribution >= 4 is 5.84 Å². The molecule has 0 aromatic rings. The number of rotatable bonds is 3. The second-order valence-electron chi connectivity index (χ2n) is 1.71. The van der Waals surface area contributed by atoms with Gasteiger partial charge in [-0.2, -0.15) is 0 Å². The molecule has 8 heavy (non-hydrogen) atoms. The number of hydrogen-bond acceptors (Lipinski definition) is 1. The summed E-state index contributed by atoms with van der Waals surface area (Å²) < 4.78 is 12.2. The zero-order chi connectivity index (χ0) is 6.57. The van der Waals surface area contributed by atoms with Crippen LogP contribution < -0.4 is 5.73 Å². The van der Waals surface area contributed by atoms with Crippen LogP contribution in [-0.2, 0) is 0 Å². The molecule has 1 atom stereocenters. The van der Waals surface area contributed by atoms with Gasteiger partial charge >= 0.3 is 0 Å². The Kier molecular flexibility index (Phi) is 3.15. The van der Waals surface area contributed by atoms with Gasteiger partial charge in [0, 0.05) is 0 Å². The molecule has 0 aromatic heterocycles. The van der Waals surface area contributed by atoms with Crippen molar-refractivity contribution in [2.45, 2.75) is 25.9 Å². The van der Waals surface area contributed by atoms with Gasteiger partial charge in [0.05, 0.1) is 0 Å². The lowest BCUT2D eigenvalue weighted by molar-refractivity contribution is 0.394. The van der Waals surface area contributed by atoms with Crippen molar-refractivity contribution in [2.24, 2.45) is 5.73 Å². The third-order valence-electron chi connectivity index (χ3n) is 0.880. The first-order valence-corrected chi connectivity index (χ1v) is 2.66. The average molecular weight is 118 g/mol. The van der Waals surface area contributed by atoms with E-state index in [1.165, 1.54) is 0 Å². The molecule has 48 valence electrons. The molecule has 0 spiro atoms. The summed E-state index contributed by atoms with van der Waals surface area (Å²) in [6, 6.07) is 0. The zero-order valence-corrected chi connectivity index (χ0v) is 4.95. The lowest BCUT2D eigenvalue weighted by Gasteiger charge is -2.00. The van der Waals surface area contributed by atoms with Crippen LogP contribution >= 0.6 is 0 Å². The number of nitrogens with two attached hydrogens (primary N) is 1. The Morgan fingerprint density at radius 2 is 2.38 bits per heavy atom. The Morgan fingerprint density at radius 1 is 1.88 bits per heavy atom. The van der Waals surface area contributed by atoms with Gasteiger partial charge in [-0.3, -0.25) is 5.41 Å². The highest BCUT2D eigenvalue weighted by atomic mass is 19.1. The van der Waals surface area contributed by atoms with Gasteiger partial charge < -0.3 is 5.73 Å². The van der Waals surface area contributed by atoms with Crippen LogP contribution in [0.4, 0.5) is 4.39 Å². The smallest absolute Gasteiger partial charge is 0.156 e. The number of nitrogens with one attached hydrogen (secondary N) is 1. The summed E-state index contributed by atoms with van der Waals surface area (Å²) >= 11 is 0. The molecule has 0 aromatic carbocycles. The van der Waals surface area contributed by atoms with Crippen molar-refractivity contribution in [1.29, 1.82) is 5.41 Å².